The Morgan fingerprint density at radius 2 is 1.83 bits per heavy atom. The molecule has 3 unspecified atom stereocenters. The second-order valence-electron chi connectivity index (χ2n) is 5.75. The summed E-state index contributed by atoms with van der Waals surface area (Å²) in [5.41, 5.74) is 3.02. The molecule has 0 aliphatic heterocycles. The van der Waals surface area contributed by atoms with Crippen molar-refractivity contribution in [3.8, 4) is 0 Å². The van der Waals surface area contributed by atoms with Crippen LogP contribution in [0.2, 0.25) is 0 Å². The average molecular weight is 245 g/mol. The fraction of sp³-hybridized carbons (Fsp3) is 0.647. The molecule has 1 heteroatoms. The molecule has 1 aromatic carbocycles. The highest BCUT2D eigenvalue weighted by Gasteiger charge is 2.37. The third-order valence-electron chi connectivity index (χ3n) is 4.38. The van der Waals surface area contributed by atoms with Crippen LogP contribution in [0.25, 0.3) is 0 Å². The normalized spacial score (nSPS) is 26.9. The molecule has 0 radical (unpaired) electrons. The van der Waals surface area contributed by atoms with Crippen LogP contribution in [0.5, 0.6) is 0 Å². The molecule has 1 N–H and O–H groups in total. The van der Waals surface area contributed by atoms with Gasteiger partial charge in [0.15, 0.2) is 0 Å². The first kappa shape index (κ1) is 13.6. The van der Waals surface area contributed by atoms with Crippen LogP contribution in [0.3, 0.4) is 0 Å². The average Bonchev–Trinajstić information content (AvgIpc) is 2.39. The van der Waals surface area contributed by atoms with Gasteiger partial charge in [-0.15, -0.1) is 0 Å². The van der Waals surface area contributed by atoms with E-state index in [0.717, 1.165) is 24.4 Å². The first-order valence-corrected chi connectivity index (χ1v) is 7.58. The lowest BCUT2D eigenvalue weighted by molar-refractivity contribution is 0.185. The van der Waals surface area contributed by atoms with Gasteiger partial charge in [-0.1, -0.05) is 51.5 Å². The lowest BCUT2D eigenvalue weighted by Crippen LogP contribution is -2.48. The number of rotatable bonds is 6. The van der Waals surface area contributed by atoms with Crippen molar-refractivity contribution in [3.63, 3.8) is 0 Å². The zero-order chi connectivity index (χ0) is 13.0. The van der Waals surface area contributed by atoms with Gasteiger partial charge in [0.1, 0.15) is 0 Å². The van der Waals surface area contributed by atoms with Crippen LogP contribution >= 0.6 is 0 Å². The van der Waals surface area contributed by atoms with Crippen molar-refractivity contribution < 1.29 is 0 Å². The van der Waals surface area contributed by atoms with Gasteiger partial charge in [-0.05, 0) is 48.8 Å². The Balaban J connectivity index is 1.89. The third-order valence-corrected chi connectivity index (χ3v) is 4.38. The minimum Gasteiger partial charge on any atom is -0.314 e. The molecular weight excluding hydrogens is 218 g/mol. The molecule has 3 atom stereocenters. The van der Waals surface area contributed by atoms with Crippen LogP contribution in [-0.2, 0) is 6.42 Å². The number of nitrogens with one attached hydrogen (secondary N) is 1. The summed E-state index contributed by atoms with van der Waals surface area (Å²) >= 11 is 0. The summed E-state index contributed by atoms with van der Waals surface area (Å²) in [6.07, 6.45) is 5.00. The topological polar surface area (TPSA) is 12.0 Å². The maximum Gasteiger partial charge on any atom is 0.0104 e. The summed E-state index contributed by atoms with van der Waals surface area (Å²) in [5, 5.41) is 3.65. The van der Waals surface area contributed by atoms with Crippen LogP contribution in [0.15, 0.2) is 24.3 Å². The van der Waals surface area contributed by atoms with Crippen molar-refractivity contribution in [2.24, 2.45) is 5.92 Å². The Labute approximate surface area is 112 Å². The number of hydrogen-bond acceptors (Lipinski definition) is 1. The second kappa shape index (κ2) is 6.38. The van der Waals surface area contributed by atoms with Gasteiger partial charge in [0.05, 0.1) is 0 Å². The van der Waals surface area contributed by atoms with Crippen molar-refractivity contribution in [2.75, 3.05) is 6.54 Å². The zero-order valence-electron chi connectivity index (χ0n) is 12.1. The summed E-state index contributed by atoms with van der Waals surface area (Å²) in [7, 11) is 0. The van der Waals surface area contributed by atoms with E-state index in [1.807, 2.05) is 0 Å². The molecule has 100 valence electrons. The Morgan fingerprint density at radius 1 is 1.11 bits per heavy atom. The quantitative estimate of drug-likeness (QED) is 0.794. The maximum atomic E-state index is 3.65. The Hall–Kier alpha value is -0.820. The standard InChI is InChI=1S/C17H27N/c1-4-6-14-7-9-15(10-8-14)16-12-17(13(16)3)18-11-5-2/h7-10,13,16-18H,4-6,11-12H2,1-3H3. The highest BCUT2D eigenvalue weighted by molar-refractivity contribution is 5.28. The van der Waals surface area contributed by atoms with Gasteiger partial charge < -0.3 is 5.32 Å². The SMILES string of the molecule is CCCNC1CC(c2ccc(CCC)cc2)C1C. The molecule has 1 saturated carbocycles. The largest absolute Gasteiger partial charge is 0.314 e. The molecule has 2 rings (SSSR count). The van der Waals surface area contributed by atoms with Crippen LogP contribution in [-0.4, -0.2) is 12.6 Å². The van der Waals surface area contributed by atoms with E-state index in [0.29, 0.717) is 0 Å². The fourth-order valence-electron chi connectivity index (χ4n) is 3.05. The lowest BCUT2D eigenvalue weighted by Gasteiger charge is -2.44. The second-order valence-corrected chi connectivity index (χ2v) is 5.75. The van der Waals surface area contributed by atoms with Crippen molar-refractivity contribution in [1.29, 1.82) is 0 Å². The van der Waals surface area contributed by atoms with E-state index in [4.69, 9.17) is 0 Å². The molecule has 0 aromatic heterocycles. The Bertz CT molecular complexity index is 354. The molecule has 18 heavy (non-hydrogen) atoms. The van der Waals surface area contributed by atoms with Crippen molar-refractivity contribution >= 4 is 0 Å². The van der Waals surface area contributed by atoms with E-state index in [2.05, 4.69) is 50.4 Å². The van der Waals surface area contributed by atoms with Gasteiger partial charge in [0, 0.05) is 6.04 Å². The molecule has 1 aliphatic carbocycles. The molecular formula is C17H27N. The summed E-state index contributed by atoms with van der Waals surface area (Å²) in [6, 6.07) is 10.1. The number of aryl methyl sites for hydroxylation is 1. The molecule has 1 aliphatic rings. The van der Waals surface area contributed by atoms with Gasteiger partial charge in [-0.2, -0.15) is 0 Å². The van der Waals surface area contributed by atoms with Gasteiger partial charge >= 0.3 is 0 Å². The molecule has 1 aromatic rings. The molecule has 0 amide bonds. The third kappa shape index (κ3) is 2.95. The minimum atomic E-state index is 0.741. The first-order valence-electron chi connectivity index (χ1n) is 7.58. The Morgan fingerprint density at radius 3 is 2.39 bits per heavy atom. The maximum absolute atomic E-state index is 3.65. The summed E-state index contributed by atoms with van der Waals surface area (Å²) in [5.74, 6) is 1.56. The molecule has 0 spiro atoms. The van der Waals surface area contributed by atoms with E-state index in [1.54, 1.807) is 0 Å². The molecule has 0 bridgehead atoms. The van der Waals surface area contributed by atoms with Crippen molar-refractivity contribution in [3.05, 3.63) is 35.4 Å². The molecule has 1 nitrogen and oxygen atoms in total. The summed E-state index contributed by atoms with van der Waals surface area (Å²) in [4.78, 5) is 0. The predicted molar refractivity (Wildman–Crippen MR) is 79.0 cm³/mol. The van der Waals surface area contributed by atoms with Crippen LogP contribution in [0.1, 0.15) is 57.1 Å². The van der Waals surface area contributed by atoms with Crippen LogP contribution < -0.4 is 5.32 Å². The zero-order valence-corrected chi connectivity index (χ0v) is 12.1. The number of hydrogen-bond donors (Lipinski definition) is 1. The van der Waals surface area contributed by atoms with Crippen LogP contribution in [0, 0.1) is 5.92 Å². The van der Waals surface area contributed by atoms with E-state index in [1.165, 1.54) is 36.8 Å². The highest BCUT2D eigenvalue weighted by Crippen LogP contribution is 2.42. The van der Waals surface area contributed by atoms with Crippen LogP contribution in [0.4, 0.5) is 0 Å². The number of benzene rings is 1. The van der Waals surface area contributed by atoms with E-state index < -0.39 is 0 Å². The van der Waals surface area contributed by atoms with E-state index in [9.17, 15) is 0 Å². The van der Waals surface area contributed by atoms with Gasteiger partial charge in [0.2, 0.25) is 0 Å². The first-order chi connectivity index (χ1) is 8.76. The van der Waals surface area contributed by atoms with Gasteiger partial charge in [0.25, 0.3) is 0 Å². The van der Waals surface area contributed by atoms with Crippen molar-refractivity contribution in [2.45, 2.75) is 58.4 Å². The highest BCUT2D eigenvalue weighted by atomic mass is 14.9. The smallest absolute Gasteiger partial charge is 0.0104 e. The predicted octanol–water partition coefficient (Wildman–Crippen LogP) is 4.13. The Kier molecular flexibility index (Phi) is 4.82. The fourth-order valence-corrected chi connectivity index (χ4v) is 3.05. The lowest BCUT2D eigenvalue weighted by atomic mass is 9.67. The van der Waals surface area contributed by atoms with Gasteiger partial charge in [-0.25, -0.2) is 0 Å². The summed E-state index contributed by atoms with van der Waals surface area (Å²) in [6.45, 7) is 8.03. The molecule has 0 heterocycles. The molecule has 0 saturated heterocycles. The monoisotopic (exact) mass is 245 g/mol. The van der Waals surface area contributed by atoms with E-state index in [-0.39, 0.29) is 0 Å². The van der Waals surface area contributed by atoms with Crippen molar-refractivity contribution in [1.82, 2.24) is 5.32 Å². The van der Waals surface area contributed by atoms with E-state index >= 15 is 0 Å². The minimum absolute atomic E-state index is 0.741. The summed E-state index contributed by atoms with van der Waals surface area (Å²) < 4.78 is 0. The van der Waals surface area contributed by atoms with Gasteiger partial charge in [-0.3, -0.25) is 0 Å². The molecule has 1 fully saturated rings.